The van der Waals surface area contributed by atoms with Gasteiger partial charge in [0.2, 0.25) is 0 Å². The lowest BCUT2D eigenvalue weighted by molar-refractivity contribution is -0.147. The van der Waals surface area contributed by atoms with Crippen molar-refractivity contribution < 1.29 is 24.5 Å². The molecule has 0 heterocycles. The summed E-state index contributed by atoms with van der Waals surface area (Å²) < 4.78 is 10.6. The van der Waals surface area contributed by atoms with Crippen molar-refractivity contribution in [1.82, 2.24) is 0 Å². The van der Waals surface area contributed by atoms with Gasteiger partial charge in [-0.3, -0.25) is 0 Å². The first kappa shape index (κ1) is 13.8. The van der Waals surface area contributed by atoms with Crippen LogP contribution in [0.5, 0.6) is 11.5 Å². The molecule has 2 N–H and O–H groups in total. The number of methoxy groups -OCH3 is 2. The van der Waals surface area contributed by atoms with Gasteiger partial charge >= 0.3 is 5.97 Å². The van der Waals surface area contributed by atoms with Gasteiger partial charge in [-0.25, -0.2) is 4.79 Å². The van der Waals surface area contributed by atoms with Gasteiger partial charge in [-0.1, -0.05) is 0 Å². The van der Waals surface area contributed by atoms with Crippen LogP contribution in [-0.4, -0.2) is 30.4 Å². The van der Waals surface area contributed by atoms with E-state index in [0.717, 1.165) is 5.56 Å². The Morgan fingerprint density at radius 1 is 1.41 bits per heavy atom. The predicted molar refractivity (Wildman–Crippen MR) is 64.6 cm³/mol. The summed E-state index contributed by atoms with van der Waals surface area (Å²) in [6.45, 7) is 1.79. The van der Waals surface area contributed by atoms with E-state index in [9.17, 15) is 9.90 Å². The molecule has 1 rings (SSSR count). The Hall–Kier alpha value is -1.27. The number of hydrogen-bond donors (Lipinski definition) is 2. The number of carboxylic acid groups (broad SMARTS) is 1. The zero-order valence-electron chi connectivity index (χ0n) is 9.65. The molecular formula is C11H13BrO5. The molecule has 0 saturated heterocycles. The van der Waals surface area contributed by atoms with E-state index in [1.165, 1.54) is 14.2 Å². The minimum absolute atomic E-state index is 0.141. The number of aliphatic carboxylic acids is 1. The van der Waals surface area contributed by atoms with Gasteiger partial charge in [0.1, 0.15) is 11.5 Å². The molecule has 0 aliphatic rings. The number of hydrogen-bond acceptors (Lipinski definition) is 4. The van der Waals surface area contributed by atoms with Crippen molar-refractivity contribution in [3.8, 4) is 11.5 Å². The van der Waals surface area contributed by atoms with Gasteiger partial charge in [0, 0.05) is 0 Å². The predicted octanol–water partition coefficient (Wildman–Crippen LogP) is 1.89. The monoisotopic (exact) mass is 304 g/mol. The lowest BCUT2D eigenvalue weighted by Gasteiger charge is -2.17. The first-order valence-corrected chi connectivity index (χ1v) is 5.55. The number of halogens is 1. The normalized spacial score (nSPS) is 12.1. The Balaban J connectivity index is 3.50. The Labute approximate surface area is 107 Å². The van der Waals surface area contributed by atoms with Crippen LogP contribution in [0.25, 0.3) is 0 Å². The van der Waals surface area contributed by atoms with E-state index in [-0.39, 0.29) is 5.56 Å². The molecule has 0 amide bonds. The van der Waals surface area contributed by atoms with Gasteiger partial charge in [0.15, 0.2) is 6.10 Å². The van der Waals surface area contributed by atoms with Crippen LogP contribution in [0.4, 0.5) is 0 Å². The van der Waals surface area contributed by atoms with Crippen molar-refractivity contribution in [2.75, 3.05) is 14.2 Å². The highest BCUT2D eigenvalue weighted by atomic mass is 79.9. The Morgan fingerprint density at radius 3 is 2.41 bits per heavy atom. The molecule has 94 valence electrons. The van der Waals surface area contributed by atoms with Crippen molar-refractivity contribution in [2.45, 2.75) is 13.0 Å². The third-order valence-electron chi connectivity index (χ3n) is 2.34. The highest BCUT2D eigenvalue weighted by molar-refractivity contribution is 9.10. The number of carbonyl (C=O) groups is 1. The van der Waals surface area contributed by atoms with Crippen molar-refractivity contribution in [1.29, 1.82) is 0 Å². The second-order valence-electron chi connectivity index (χ2n) is 3.40. The van der Waals surface area contributed by atoms with E-state index >= 15 is 0 Å². The SMILES string of the molecule is COc1cc(C)c(OC)c(Br)c1C(O)C(=O)O. The second kappa shape index (κ2) is 5.37. The summed E-state index contributed by atoms with van der Waals surface area (Å²) in [7, 11) is 2.88. The fourth-order valence-corrected chi connectivity index (χ4v) is 2.43. The second-order valence-corrected chi connectivity index (χ2v) is 4.19. The molecule has 0 aromatic heterocycles. The largest absolute Gasteiger partial charge is 0.496 e. The van der Waals surface area contributed by atoms with Gasteiger partial charge in [-0.05, 0) is 34.5 Å². The lowest BCUT2D eigenvalue weighted by atomic mass is 10.0. The summed E-state index contributed by atoms with van der Waals surface area (Å²) in [6.07, 6.45) is -1.67. The van der Waals surface area contributed by atoms with Gasteiger partial charge < -0.3 is 19.7 Å². The first-order chi connectivity index (χ1) is 7.93. The van der Waals surface area contributed by atoms with E-state index in [1.807, 2.05) is 0 Å². The Kier molecular flexibility index (Phi) is 4.36. The summed E-state index contributed by atoms with van der Waals surface area (Å²) in [5, 5.41) is 18.5. The molecule has 0 radical (unpaired) electrons. The maximum absolute atomic E-state index is 10.8. The summed E-state index contributed by atoms with van der Waals surface area (Å²) >= 11 is 3.22. The summed E-state index contributed by atoms with van der Waals surface area (Å²) in [5.41, 5.74) is 0.917. The molecule has 0 fully saturated rings. The van der Waals surface area contributed by atoms with Crippen LogP contribution in [0.2, 0.25) is 0 Å². The molecule has 1 atom stereocenters. The number of carboxylic acids is 1. The summed E-state index contributed by atoms with van der Waals surface area (Å²) in [6, 6.07) is 1.62. The molecular weight excluding hydrogens is 292 g/mol. The number of aliphatic hydroxyl groups excluding tert-OH is 1. The van der Waals surface area contributed by atoms with E-state index in [1.54, 1.807) is 13.0 Å². The van der Waals surface area contributed by atoms with Crippen molar-refractivity contribution >= 4 is 21.9 Å². The first-order valence-electron chi connectivity index (χ1n) is 4.75. The molecule has 0 saturated carbocycles. The molecule has 6 heteroatoms. The number of aryl methyl sites for hydroxylation is 1. The average Bonchev–Trinajstić information content (AvgIpc) is 2.27. The van der Waals surface area contributed by atoms with Crippen molar-refractivity contribution in [3.05, 3.63) is 21.7 Å². The summed E-state index contributed by atoms with van der Waals surface area (Å²) in [4.78, 5) is 10.8. The third kappa shape index (κ3) is 2.53. The molecule has 1 aromatic carbocycles. The zero-order chi connectivity index (χ0) is 13.2. The van der Waals surface area contributed by atoms with Crippen LogP contribution in [0.15, 0.2) is 10.5 Å². The lowest BCUT2D eigenvalue weighted by Crippen LogP contribution is -2.13. The van der Waals surface area contributed by atoms with Crippen LogP contribution < -0.4 is 9.47 Å². The van der Waals surface area contributed by atoms with E-state index in [2.05, 4.69) is 15.9 Å². The summed E-state index contributed by atoms with van der Waals surface area (Å²) in [5.74, 6) is -0.582. The number of aliphatic hydroxyl groups is 1. The topological polar surface area (TPSA) is 76.0 Å². The maximum atomic E-state index is 10.8. The number of ether oxygens (including phenoxy) is 2. The maximum Gasteiger partial charge on any atom is 0.337 e. The van der Waals surface area contributed by atoms with Gasteiger partial charge in [-0.2, -0.15) is 0 Å². The van der Waals surface area contributed by atoms with E-state index in [4.69, 9.17) is 14.6 Å². The standard InChI is InChI=1S/C11H13BrO5/c1-5-4-6(16-2)7(9(13)11(14)15)8(12)10(5)17-3/h4,9,13H,1-3H3,(H,14,15). The molecule has 1 unspecified atom stereocenters. The van der Waals surface area contributed by atoms with Crippen LogP contribution in [0.3, 0.4) is 0 Å². The quantitative estimate of drug-likeness (QED) is 0.888. The zero-order valence-corrected chi connectivity index (χ0v) is 11.2. The minimum Gasteiger partial charge on any atom is -0.496 e. The minimum atomic E-state index is -1.67. The van der Waals surface area contributed by atoms with Gasteiger partial charge in [-0.15, -0.1) is 0 Å². The highest BCUT2D eigenvalue weighted by Crippen LogP contribution is 2.41. The molecule has 17 heavy (non-hydrogen) atoms. The van der Waals surface area contributed by atoms with E-state index < -0.39 is 12.1 Å². The van der Waals surface area contributed by atoms with Crippen LogP contribution in [0, 0.1) is 6.92 Å². The van der Waals surface area contributed by atoms with Crippen LogP contribution in [-0.2, 0) is 4.79 Å². The van der Waals surface area contributed by atoms with Gasteiger partial charge in [0.25, 0.3) is 0 Å². The molecule has 5 nitrogen and oxygen atoms in total. The number of rotatable bonds is 4. The number of benzene rings is 1. The molecule has 1 aromatic rings. The average molecular weight is 305 g/mol. The molecule has 0 aliphatic carbocycles. The van der Waals surface area contributed by atoms with Crippen molar-refractivity contribution in [2.24, 2.45) is 0 Å². The fourth-order valence-electron chi connectivity index (χ4n) is 1.54. The van der Waals surface area contributed by atoms with Crippen LogP contribution in [0.1, 0.15) is 17.2 Å². The molecule has 0 spiro atoms. The fraction of sp³-hybridized carbons (Fsp3) is 0.364. The Morgan fingerprint density at radius 2 is 2.00 bits per heavy atom. The third-order valence-corrected chi connectivity index (χ3v) is 3.13. The highest BCUT2D eigenvalue weighted by Gasteiger charge is 2.26. The van der Waals surface area contributed by atoms with Crippen LogP contribution >= 0.6 is 15.9 Å². The van der Waals surface area contributed by atoms with E-state index in [0.29, 0.717) is 16.0 Å². The van der Waals surface area contributed by atoms with Crippen molar-refractivity contribution in [3.63, 3.8) is 0 Å². The van der Waals surface area contributed by atoms with Gasteiger partial charge in [0.05, 0.1) is 24.3 Å². The molecule has 0 bridgehead atoms. The smallest absolute Gasteiger partial charge is 0.337 e. The Bertz CT molecular complexity index is 444. The molecule has 0 aliphatic heterocycles.